The van der Waals surface area contributed by atoms with Crippen molar-refractivity contribution < 1.29 is 24.0 Å². The average molecular weight is 449 g/mol. The zero-order valence-electron chi connectivity index (χ0n) is 17.9. The van der Waals surface area contributed by atoms with Crippen LogP contribution < -0.4 is 21.3 Å². The zero-order valence-corrected chi connectivity index (χ0v) is 17.9. The van der Waals surface area contributed by atoms with Crippen LogP contribution in [0.5, 0.6) is 0 Å². The van der Waals surface area contributed by atoms with Gasteiger partial charge in [-0.25, -0.2) is 0 Å². The molecule has 0 aliphatic heterocycles. The molecule has 0 radical (unpaired) electrons. The lowest BCUT2D eigenvalue weighted by molar-refractivity contribution is -0.138. The van der Waals surface area contributed by atoms with Gasteiger partial charge in [0, 0.05) is 12.1 Å². The van der Waals surface area contributed by atoms with Gasteiger partial charge >= 0.3 is 0 Å². The summed E-state index contributed by atoms with van der Waals surface area (Å²) in [7, 11) is 0. The number of carbonyl (C=O) groups excluding carboxylic acids is 5. The molecule has 0 fully saturated rings. The van der Waals surface area contributed by atoms with E-state index in [1.54, 1.807) is 54.6 Å². The molecule has 0 bridgehead atoms. The van der Waals surface area contributed by atoms with Crippen molar-refractivity contribution in [2.75, 3.05) is 13.1 Å². The predicted octanol–water partition coefficient (Wildman–Crippen LogP) is -0.206. The summed E-state index contributed by atoms with van der Waals surface area (Å²) in [5, 5.41) is 18.3. The molecule has 2 aromatic rings. The van der Waals surface area contributed by atoms with Gasteiger partial charge in [0.25, 0.3) is 11.8 Å². The highest BCUT2D eigenvalue weighted by atomic mass is 16.2. The third-order valence-electron chi connectivity index (χ3n) is 4.43. The van der Waals surface area contributed by atoms with Crippen molar-refractivity contribution >= 4 is 29.4 Å². The largest absolute Gasteiger partial charge is 0.347 e. The number of nitriles is 1. The monoisotopic (exact) mass is 449 g/mol. The molecule has 4 amide bonds. The molecular weight excluding hydrogens is 426 g/mol. The second kappa shape index (κ2) is 12.4. The highest BCUT2D eigenvalue weighted by Crippen LogP contribution is 2.02. The van der Waals surface area contributed by atoms with Crippen molar-refractivity contribution in [2.24, 2.45) is 0 Å². The molecule has 4 N–H and O–H groups in total. The number of Topliss-reactive ketones (excluding diaryl/α,β-unsaturated/α-hetero) is 1. The lowest BCUT2D eigenvalue weighted by Gasteiger charge is -2.14. The molecular formula is C23H23N5O5. The van der Waals surface area contributed by atoms with Crippen molar-refractivity contribution in [2.45, 2.75) is 19.5 Å². The van der Waals surface area contributed by atoms with Crippen molar-refractivity contribution in [3.63, 3.8) is 0 Å². The number of hydrogen-bond acceptors (Lipinski definition) is 6. The number of rotatable bonds is 10. The average Bonchev–Trinajstić information content (AvgIpc) is 2.84. The maximum absolute atomic E-state index is 12.1. The van der Waals surface area contributed by atoms with E-state index in [2.05, 4.69) is 21.3 Å². The minimum atomic E-state index is -0.986. The third kappa shape index (κ3) is 8.26. The summed E-state index contributed by atoms with van der Waals surface area (Å²) >= 11 is 0. The van der Waals surface area contributed by atoms with Crippen LogP contribution in [0, 0.1) is 11.3 Å². The number of nitrogens with zero attached hydrogens (tertiary/aromatic N) is 1. The lowest BCUT2D eigenvalue weighted by Crippen LogP contribution is -2.49. The van der Waals surface area contributed by atoms with Crippen LogP contribution in [0.3, 0.4) is 0 Å². The smallest absolute Gasteiger partial charge is 0.289 e. The first-order chi connectivity index (χ1) is 15.8. The Hall–Kier alpha value is -4.52. The Morgan fingerprint density at radius 2 is 1.55 bits per heavy atom. The summed E-state index contributed by atoms with van der Waals surface area (Å²) in [6.07, 6.45) is 0. The van der Waals surface area contributed by atoms with E-state index in [0.29, 0.717) is 16.7 Å². The van der Waals surface area contributed by atoms with Gasteiger partial charge in [0.05, 0.1) is 24.7 Å². The first kappa shape index (κ1) is 24.7. The van der Waals surface area contributed by atoms with Gasteiger partial charge in [0.1, 0.15) is 6.04 Å². The summed E-state index contributed by atoms with van der Waals surface area (Å²) in [6.45, 7) is 0.623. The van der Waals surface area contributed by atoms with Gasteiger partial charge in [-0.3, -0.25) is 24.0 Å². The van der Waals surface area contributed by atoms with Gasteiger partial charge in [-0.2, -0.15) is 5.26 Å². The van der Waals surface area contributed by atoms with E-state index >= 15 is 0 Å². The summed E-state index contributed by atoms with van der Waals surface area (Å²) in [5.74, 6) is -3.41. The third-order valence-corrected chi connectivity index (χ3v) is 4.43. The van der Waals surface area contributed by atoms with Gasteiger partial charge in [-0.05, 0) is 36.8 Å². The van der Waals surface area contributed by atoms with E-state index < -0.39 is 42.0 Å². The van der Waals surface area contributed by atoms with Crippen LogP contribution >= 0.6 is 0 Å². The molecule has 0 saturated heterocycles. The molecule has 10 heteroatoms. The molecule has 0 unspecified atom stereocenters. The summed E-state index contributed by atoms with van der Waals surface area (Å²) in [6, 6.07) is 15.8. The minimum absolute atomic E-state index is 0.0887. The van der Waals surface area contributed by atoms with Crippen molar-refractivity contribution in [3.8, 4) is 6.07 Å². The molecule has 1 atom stereocenters. The van der Waals surface area contributed by atoms with Gasteiger partial charge < -0.3 is 21.3 Å². The van der Waals surface area contributed by atoms with Crippen LogP contribution in [0.4, 0.5) is 0 Å². The maximum atomic E-state index is 12.1. The molecule has 2 aromatic carbocycles. The van der Waals surface area contributed by atoms with E-state index in [0.717, 1.165) is 0 Å². The lowest BCUT2D eigenvalue weighted by atomic mass is 10.1. The molecule has 2 rings (SSSR count). The van der Waals surface area contributed by atoms with Crippen LogP contribution in [-0.2, 0) is 25.7 Å². The van der Waals surface area contributed by atoms with Crippen LogP contribution in [0.2, 0.25) is 0 Å². The van der Waals surface area contributed by atoms with Gasteiger partial charge in [0.2, 0.25) is 17.6 Å². The highest BCUT2D eigenvalue weighted by Gasteiger charge is 2.19. The fraction of sp³-hybridized carbons (Fsp3) is 0.217. The quantitative estimate of drug-likeness (QED) is 0.368. The first-order valence-corrected chi connectivity index (χ1v) is 10.0. The second-order valence-electron chi connectivity index (χ2n) is 6.97. The SMILES string of the molecule is C[C@H](NC(=O)CNC(=O)c1ccccc1)C(=O)NCC(=O)C(=O)NCc1ccc(C#N)cc1. The van der Waals surface area contributed by atoms with Crippen molar-refractivity contribution in [1.82, 2.24) is 21.3 Å². The van der Waals surface area contributed by atoms with Gasteiger partial charge in [0.15, 0.2) is 0 Å². The van der Waals surface area contributed by atoms with E-state index in [9.17, 15) is 24.0 Å². The zero-order chi connectivity index (χ0) is 24.2. The number of benzene rings is 2. The summed E-state index contributed by atoms with van der Waals surface area (Å²) < 4.78 is 0. The topological polar surface area (TPSA) is 157 Å². The second-order valence-corrected chi connectivity index (χ2v) is 6.97. The minimum Gasteiger partial charge on any atom is -0.347 e. The number of amides is 4. The molecule has 10 nitrogen and oxygen atoms in total. The van der Waals surface area contributed by atoms with Gasteiger partial charge in [-0.1, -0.05) is 30.3 Å². The molecule has 0 spiro atoms. The molecule has 0 heterocycles. The molecule has 170 valence electrons. The van der Waals surface area contributed by atoms with E-state index in [-0.39, 0.29) is 13.1 Å². The molecule has 0 saturated carbocycles. The Labute approximate surface area is 190 Å². The normalized spacial score (nSPS) is 10.8. The fourth-order valence-electron chi connectivity index (χ4n) is 2.59. The van der Waals surface area contributed by atoms with Gasteiger partial charge in [-0.15, -0.1) is 0 Å². The molecule has 0 aliphatic rings. The molecule has 0 aromatic heterocycles. The number of nitrogens with one attached hydrogen (secondary N) is 4. The maximum Gasteiger partial charge on any atom is 0.289 e. The van der Waals surface area contributed by atoms with E-state index in [1.807, 2.05) is 6.07 Å². The standard InChI is InChI=1S/C23H23N5O5/c1-15(28-20(30)14-27-22(32)18-5-3-2-4-6-18)21(31)26-13-19(29)23(33)25-12-17-9-7-16(11-24)8-10-17/h2-10,15H,12-14H2,1H3,(H,25,33)(H,26,31)(H,27,32)(H,28,30)/t15-/m0/s1. The Kier molecular flexibility index (Phi) is 9.27. The number of hydrogen-bond donors (Lipinski definition) is 4. The van der Waals surface area contributed by atoms with Crippen LogP contribution in [0.15, 0.2) is 54.6 Å². The van der Waals surface area contributed by atoms with E-state index in [1.165, 1.54) is 6.92 Å². The van der Waals surface area contributed by atoms with E-state index in [4.69, 9.17) is 5.26 Å². The van der Waals surface area contributed by atoms with Crippen LogP contribution in [0.1, 0.15) is 28.4 Å². The van der Waals surface area contributed by atoms with Crippen molar-refractivity contribution in [1.29, 1.82) is 5.26 Å². The van der Waals surface area contributed by atoms with Crippen LogP contribution in [-0.4, -0.2) is 48.5 Å². The summed E-state index contributed by atoms with van der Waals surface area (Å²) in [4.78, 5) is 59.8. The Morgan fingerprint density at radius 1 is 0.879 bits per heavy atom. The fourth-order valence-corrected chi connectivity index (χ4v) is 2.59. The van der Waals surface area contributed by atoms with Crippen LogP contribution in [0.25, 0.3) is 0 Å². The number of ketones is 1. The molecule has 0 aliphatic carbocycles. The Bertz CT molecular complexity index is 1060. The predicted molar refractivity (Wildman–Crippen MR) is 117 cm³/mol. The Balaban J connectivity index is 1.68. The van der Waals surface area contributed by atoms with Crippen molar-refractivity contribution in [3.05, 3.63) is 71.3 Å². The Morgan fingerprint density at radius 3 is 2.18 bits per heavy atom. The summed E-state index contributed by atoms with van der Waals surface area (Å²) in [5.41, 5.74) is 1.57. The molecule has 33 heavy (non-hydrogen) atoms. The highest BCUT2D eigenvalue weighted by molar-refractivity contribution is 6.37. The number of carbonyl (C=O) groups is 5. The first-order valence-electron chi connectivity index (χ1n) is 10.0.